The van der Waals surface area contributed by atoms with Crippen LogP contribution in [0.25, 0.3) is 0 Å². The van der Waals surface area contributed by atoms with Gasteiger partial charge in [0.2, 0.25) is 0 Å². The molecular formula is C17H27NO2. The highest BCUT2D eigenvalue weighted by Gasteiger charge is 2.17. The van der Waals surface area contributed by atoms with Crippen LogP contribution < -0.4 is 10.1 Å². The van der Waals surface area contributed by atoms with Crippen LogP contribution in [0.4, 0.5) is 0 Å². The zero-order valence-corrected chi connectivity index (χ0v) is 12.9. The van der Waals surface area contributed by atoms with E-state index in [1.54, 1.807) is 0 Å². The lowest BCUT2D eigenvalue weighted by Crippen LogP contribution is -2.20. The second kappa shape index (κ2) is 7.65. The van der Waals surface area contributed by atoms with Crippen molar-refractivity contribution < 1.29 is 9.47 Å². The van der Waals surface area contributed by atoms with Crippen molar-refractivity contribution in [3.8, 4) is 5.75 Å². The molecule has 1 unspecified atom stereocenters. The van der Waals surface area contributed by atoms with Gasteiger partial charge in [0.05, 0.1) is 13.2 Å². The summed E-state index contributed by atoms with van der Waals surface area (Å²) in [6, 6.07) is 6.38. The SMILES string of the molecule is Cc1cccc(CNCC(C)C)c1OCC1CCOC1. The van der Waals surface area contributed by atoms with E-state index in [4.69, 9.17) is 9.47 Å². The number of aryl methyl sites for hydroxylation is 1. The summed E-state index contributed by atoms with van der Waals surface area (Å²) in [4.78, 5) is 0. The number of hydrogen-bond donors (Lipinski definition) is 1. The summed E-state index contributed by atoms with van der Waals surface area (Å²) < 4.78 is 11.5. The highest BCUT2D eigenvalue weighted by atomic mass is 16.5. The van der Waals surface area contributed by atoms with Crippen molar-refractivity contribution in [2.75, 3.05) is 26.4 Å². The van der Waals surface area contributed by atoms with Gasteiger partial charge in [-0.05, 0) is 31.4 Å². The van der Waals surface area contributed by atoms with Crippen LogP contribution in [0.15, 0.2) is 18.2 Å². The van der Waals surface area contributed by atoms with Gasteiger partial charge in [0.15, 0.2) is 0 Å². The van der Waals surface area contributed by atoms with E-state index in [9.17, 15) is 0 Å². The van der Waals surface area contributed by atoms with E-state index in [0.717, 1.165) is 45.1 Å². The van der Waals surface area contributed by atoms with Crippen LogP contribution >= 0.6 is 0 Å². The summed E-state index contributed by atoms with van der Waals surface area (Å²) in [6.45, 7) is 11.0. The van der Waals surface area contributed by atoms with Gasteiger partial charge in [-0.25, -0.2) is 0 Å². The normalized spacial score (nSPS) is 18.7. The second-order valence-corrected chi connectivity index (χ2v) is 6.13. The molecule has 1 aromatic carbocycles. The van der Waals surface area contributed by atoms with Gasteiger partial charge in [-0.15, -0.1) is 0 Å². The van der Waals surface area contributed by atoms with Crippen molar-refractivity contribution >= 4 is 0 Å². The van der Waals surface area contributed by atoms with Crippen molar-refractivity contribution in [3.05, 3.63) is 29.3 Å². The van der Waals surface area contributed by atoms with Crippen LogP contribution in [-0.2, 0) is 11.3 Å². The first-order valence-electron chi connectivity index (χ1n) is 7.66. The van der Waals surface area contributed by atoms with E-state index in [-0.39, 0.29) is 0 Å². The fourth-order valence-corrected chi connectivity index (χ4v) is 2.47. The lowest BCUT2D eigenvalue weighted by atomic mass is 10.1. The molecule has 0 bridgehead atoms. The Bertz CT molecular complexity index is 411. The van der Waals surface area contributed by atoms with Crippen LogP contribution in [0.5, 0.6) is 5.75 Å². The molecule has 1 aliphatic rings. The third-order valence-electron chi connectivity index (χ3n) is 3.65. The molecule has 1 N–H and O–H groups in total. The number of nitrogens with one attached hydrogen (secondary N) is 1. The van der Waals surface area contributed by atoms with E-state index >= 15 is 0 Å². The lowest BCUT2D eigenvalue weighted by molar-refractivity contribution is 0.166. The highest BCUT2D eigenvalue weighted by Crippen LogP contribution is 2.25. The fraction of sp³-hybridized carbons (Fsp3) is 0.647. The minimum atomic E-state index is 0.547. The Morgan fingerprint density at radius 2 is 2.25 bits per heavy atom. The van der Waals surface area contributed by atoms with E-state index in [1.165, 1.54) is 11.1 Å². The predicted octanol–water partition coefficient (Wildman–Crippen LogP) is 3.16. The smallest absolute Gasteiger partial charge is 0.126 e. The van der Waals surface area contributed by atoms with Gasteiger partial charge in [0.25, 0.3) is 0 Å². The standard InChI is InChI=1S/C17H27NO2/c1-13(2)9-18-10-16-6-4-5-14(3)17(16)20-12-15-7-8-19-11-15/h4-6,13,15,18H,7-12H2,1-3H3. The van der Waals surface area contributed by atoms with Gasteiger partial charge in [-0.3, -0.25) is 0 Å². The molecule has 1 atom stereocenters. The molecule has 2 rings (SSSR count). The van der Waals surface area contributed by atoms with Gasteiger partial charge >= 0.3 is 0 Å². The molecule has 1 heterocycles. The Morgan fingerprint density at radius 1 is 1.40 bits per heavy atom. The van der Waals surface area contributed by atoms with E-state index in [0.29, 0.717) is 11.8 Å². The molecule has 0 aromatic heterocycles. The second-order valence-electron chi connectivity index (χ2n) is 6.13. The fourth-order valence-electron chi connectivity index (χ4n) is 2.47. The van der Waals surface area contributed by atoms with Crippen LogP contribution in [0, 0.1) is 18.8 Å². The molecule has 1 fully saturated rings. The molecule has 1 aliphatic heterocycles. The molecule has 0 amide bonds. The average molecular weight is 277 g/mol. The Kier molecular flexibility index (Phi) is 5.86. The van der Waals surface area contributed by atoms with Gasteiger partial charge in [0.1, 0.15) is 5.75 Å². The highest BCUT2D eigenvalue weighted by molar-refractivity contribution is 5.40. The number of hydrogen-bond acceptors (Lipinski definition) is 3. The molecule has 1 saturated heterocycles. The summed E-state index contributed by atoms with van der Waals surface area (Å²) in [5, 5.41) is 3.49. The molecular weight excluding hydrogens is 250 g/mol. The molecule has 3 nitrogen and oxygen atoms in total. The molecule has 0 radical (unpaired) electrons. The number of rotatable bonds is 7. The largest absolute Gasteiger partial charge is 0.493 e. The Balaban J connectivity index is 1.94. The first kappa shape index (κ1) is 15.3. The van der Waals surface area contributed by atoms with Crippen molar-refractivity contribution in [2.45, 2.75) is 33.7 Å². The van der Waals surface area contributed by atoms with Gasteiger partial charge < -0.3 is 14.8 Å². The van der Waals surface area contributed by atoms with Gasteiger partial charge in [0, 0.05) is 24.6 Å². The average Bonchev–Trinajstić information content (AvgIpc) is 2.90. The van der Waals surface area contributed by atoms with Crippen molar-refractivity contribution in [1.29, 1.82) is 0 Å². The Labute approximate surface area is 122 Å². The third kappa shape index (κ3) is 4.50. The van der Waals surface area contributed by atoms with Crippen molar-refractivity contribution in [3.63, 3.8) is 0 Å². The zero-order chi connectivity index (χ0) is 14.4. The number of para-hydroxylation sites is 1. The van der Waals surface area contributed by atoms with Gasteiger partial charge in [-0.2, -0.15) is 0 Å². The zero-order valence-electron chi connectivity index (χ0n) is 12.9. The molecule has 0 spiro atoms. The van der Waals surface area contributed by atoms with Crippen LogP contribution in [0.3, 0.4) is 0 Å². The van der Waals surface area contributed by atoms with Gasteiger partial charge in [-0.1, -0.05) is 32.0 Å². The third-order valence-corrected chi connectivity index (χ3v) is 3.65. The molecule has 3 heteroatoms. The van der Waals surface area contributed by atoms with E-state index in [1.807, 2.05) is 0 Å². The number of ether oxygens (including phenoxy) is 2. The molecule has 20 heavy (non-hydrogen) atoms. The summed E-state index contributed by atoms with van der Waals surface area (Å²) in [7, 11) is 0. The van der Waals surface area contributed by atoms with Crippen LogP contribution in [-0.4, -0.2) is 26.4 Å². The molecule has 0 saturated carbocycles. The quantitative estimate of drug-likeness (QED) is 0.830. The summed E-state index contributed by atoms with van der Waals surface area (Å²) in [5.41, 5.74) is 2.47. The first-order chi connectivity index (χ1) is 9.66. The topological polar surface area (TPSA) is 30.5 Å². The summed E-state index contributed by atoms with van der Waals surface area (Å²) in [5.74, 6) is 2.27. The summed E-state index contributed by atoms with van der Waals surface area (Å²) in [6.07, 6.45) is 1.12. The summed E-state index contributed by atoms with van der Waals surface area (Å²) >= 11 is 0. The van der Waals surface area contributed by atoms with Crippen LogP contribution in [0.2, 0.25) is 0 Å². The van der Waals surface area contributed by atoms with E-state index < -0.39 is 0 Å². The first-order valence-corrected chi connectivity index (χ1v) is 7.66. The minimum absolute atomic E-state index is 0.547. The monoisotopic (exact) mass is 277 g/mol. The van der Waals surface area contributed by atoms with Crippen molar-refractivity contribution in [2.24, 2.45) is 11.8 Å². The van der Waals surface area contributed by atoms with Crippen molar-refractivity contribution in [1.82, 2.24) is 5.32 Å². The predicted molar refractivity (Wildman–Crippen MR) is 82.1 cm³/mol. The maximum atomic E-state index is 6.09. The molecule has 112 valence electrons. The van der Waals surface area contributed by atoms with Crippen LogP contribution in [0.1, 0.15) is 31.4 Å². The maximum Gasteiger partial charge on any atom is 0.126 e. The lowest BCUT2D eigenvalue weighted by Gasteiger charge is -2.17. The number of benzene rings is 1. The van der Waals surface area contributed by atoms with E-state index in [2.05, 4.69) is 44.3 Å². The maximum absolute atomic E-state index is 6.09. The molecule has 0 aliphatic carbocycles. The Morgan fingerprint density at radius 3 is 2.95 bits per heavy atom. The Hall–Kier alpha value is -1.06. The molecule has 1 aromatic rings. The minimum Gasteiger partial charge on any atom is -0.493 e.